The van der Waals surface area contributed by atoms with Crippen LogP contribution >= 0.6 is 11.8 Å². The third-order valence-electron chi connectivity index (χ3n) is 8.65. The van der Waals surface area contributed by atoms with Crippen molar-refractivity contribution in [2.45, 2.75) is 75.8 Å². The van der Waals surface area contributed by atoms with Gasteiger partial charge < -0.3 is 10.1 Å². The van der Waals surface area contributed by atoms with Crippen LogP contribution in [0.25, 0.3) is 11.1 Å². The van der Waals surface area contributed by atoms with Crippen LogP contribution in [0.2, 0.25) is 0 Å². The molecule has 1 aliphatic rings. The van der Waals surface area contributed by atoms with Crippen LogP contribution in [-0.2, 0) is 26.1 Å². The number of benzene rings is 3. The molecule has 242 valence electrons. The fourth-order valence-corrected chi connectivity index (χ4v) is 8.07. The smallest absolute Gasteiger partial charge is 0.328 e. The van der Waals surface area contributed by atoms with E-state index in [2.05, 4.69) is 5.32 Å². The molecule has 0 heterocycles. The van der Waals surface area contributed by atoms with Gasteiger partial charge in [-0.2, -0.15) is 16.1 Å². The lowest BCUT2D eigenvalue weighted by molar-refractivity contribution is -0.142. The van der Waals surface area contributed by atoms with E-state index < -0.39 is 22.0 Å². The van der Waals surface area contributed by atoms with Crippen molar-refractivity contribution < 1.29 is 22.7 Å². The standard InChI is InChI=1S/C36H46N2O5S2/c1-27-13-10-11-19-31(27)33-25-29(20-21-32(33)35(39)37-34(22-24-44-3)36(40)43-2)26-38(23-12-16-28-14-6-4-7-15-28)45(41,42)30-17-8-5-9-18-30/h5,8-11,13,17-21,25,28,34H,4,6-7,12,14-16,22-24,26H2,1-3H3,(H,37,39)/t34-/m0/s1. The normalized spacial score (nSPS) is 14.7. The highest BCUT2D eigenvalue weighted by Gasteiger charge is 2.27. The highest BCUT2D eigenvalue weighted by atomic mass is 32.2. The maximum atomic E-state index is 13.9. The van der Waals surface area contributed by atoms with Crippen LogP contribution in [0.3, 0.4) is 0 Å². The largest absolute Gasteiger partial charge is 0.467 e. The number of aryl methyl sites for hydroxylation is 1. The van der Waals surface area contributed by atoms with Gasteiger partial charge in [-0.25, -0.2) is 13.2 Å². The molecule has 0 spiro atoms. The van der Waals surface area contributed by atoms with Crippen molar-refractivity contribution in [2.24, 2.45) is 5.92 Å². The molecule has 3 aromatic rings. The number of hydrogen-bond acceptors (Lipinski definition) is 6. The molecule has 1 fully saturated rings. The molecular formula is C36H46N2O5S2. The molecule has 0 aromatic heterocycles. The molecule has 1 aliphatic carbocycles. The maximum Gasteiger partial charge on any atom is 0.328 e. The molecule has 1 atom stereocenters. The number of rotatable bonds is 15. The van der Waals surface area contributed by atoms with Gasteiger partial charge in [0.2, 0.25) is 10.0 Å². The van der Waals surface area contributed by atoms with Gasteiger partial charge in [0.05, 0.1) is 12.0 Å². The molecule has 1 amide bonds. The van der Waals surface area contributed by atoms with Gasteiger partial charge in [-0.1, -0.05) is 80.6 Å². The minimum absolute atomic E-state index is 0.182. The molecule has 1 N–H and O–H groups in total. The first kappa shape index (κ1) is 34.7. The van der Waals surface area contributed by atoms with Crippen LogP contribution < -0.4 is 5.32 Å². The number of nitrogens with zero attached hydrogens (tertiary/aromatic N) is 1. The van der Waals surface area contributed by atoms with E-state index in [9.17, 15) is 18.0 Å². The summed E-state index contributed by atoms with van der Waals surface area (Å²) in [5.41, 5.74) is 3.75. The zero-order chi connectivity index (χ0) is 32.2. The molecule has 45 heavy (non-hydrogen) atoms. The number of carbonyl (C=O) groups excluding carboxylic acids is 2. The number of nitrogens with one attached hydrogen (secondary N) is 1. The van der Waals surface area contributed by atoms with Crippen LogP contribution in [0.4, 0.5) is 0 Å². The predicted molar refractivity (Wildman–Crippen MR) is 183 cm³/mol. The Hall–Kier alpha value is -3.14. The van der Waals surface area contributed by atoms with Gasteiger partial charge in [-0.15, -0.1) is 0 Å². The van der Waals surface area contributed by atoms with E-state index >= 15 is 0 Å². The van der Waals surface area contributed by atoms with Gasteiger partial charge in [0.25, 0.3) is 5.91 Å². The summed E-state index contributed by atoms with van der Waals surface area (Å²) in [6, 6.07) is 21.1. The lowest BCUT2D eigenvalue weighted by atomic mass is 9.86. The SMILES string of the molecule is COC(=O)[C@H](CCSC)NC(=O)c1ccc(CN(CCCC2CCCCC2)S(=O)(=O)c2ccccc2)cc1-c1ccccc1C. The van der Waals surface area contributed by atoms with Gasteiger partial charge in [-0.3, -0.25) is 4.79 Å². The Bertz CT molecular complexity index is 1520. The Morgan fingerprint density at radius 3 is 2.38 bits per heavy atom. The summed E-state index contributed by atoms with van der Waals surface area (Å²) in [5, 5.41) is 2.88. The summed E-state index contributed by atoms with van der Waals surface area (Å²) in [5.74, 6) is 0.491. The first-order chi connectivity index (χ1) is 21.7. The summed E-state index contributed by atoms with van der Waals surface area (Å²) in [4.78, 5) is 26.4. The number of amides is 1. The van der Waals surface area contributed by atoms with E-state index in [0.29, 0.717) is 35.8 Å². The fourth-order valence-electron chi connectivity index (χ4n) is 6.11. The van der Waals surface area contributed by atoms with Crippen LogP contribution in [0, 0.1) is 12.8 Å². The molecule has 0 unspecified atom stereocenters. The maximum absolute atomic E-state index is 13.9. The second kappa shape index (κ2) is 17.0. The summed E-state index contributed by atoms with van der Waals surface area (Å²) >= 11 is 1.59. The van der Waals surface area contributed by atoms with Crippen molar-refractivity contribution in [1.29, 1.82) is 0 Å². The van der Waals surface area contributed by atoms with Gasteiger partial charge in [-0.05, 0) is 90.6 Å². The summed E-state index contributed by atoms with van der Waals surface area (Å²) < 4.78 is 34.4. The molecule has 7 nitrogen and oxygen atoms in total. The van der Waals surface area contributed by atoms with Crippen molar-refractivity contribution in [2.75, 3.05) is 25.7 Å². The summed E-state index contributed by atoms with van der Waals surface area (Å²) in [7, 11) is -2.43. The zero-order valence-corrected chi connectivity index (χ0v) is 28.3. The zero-order valence-electron chi connectivity index (χ0n) is 26.7. The Morgan fingerprint density at radius 1 is 0.978 bits per heavy atom. The van der Waals surface area contributed by atoms with Crippen LogP contribution in [0.15, 0.2) is 77.7 Å². The minimum atomic E-state index is -3.75. The van der Waals surface area contributed by atoms with E-state index in [-0.39, 0.29) is 17.3 Å². The number of methoxy groups -OCH3 is 1. The van der Waals surface area contributed by atoms with Gasteiger partial charge in [0.15, 0.2) is 0 Å². The van der Waals surface area contributed by atoms with Gasteiger partial charge >= 0.3 is 5.97 Å². The highest BCUT2D eigenvalue weighted by molar-refractivity contribution is 7.98. The van der Waals surface area contributed by atoms with Crippen molar-refractivity contribution in [3.63, 3.8) is 0 Å². The number of carbonyl (C=O) groups is 2. The second-order valence-corrected chi connectivity index (χ2v) is 14.7. The number of sulfonamides is 1. The predicted octanol–water partition coefficient (Wildman–Crippen LogP) is 7.24. The first-order valence-corrected chi connectivity index (χ1v) is 18.7. The van der Waals surface area contributed by atoms with Crippen molar-refractivity contribution in [3.05, 3.63) is 89.5 Å². The number of esters is 1. The lowest BCUT2D eigenvalue weighted by Crippen LogP contribution is -2.42. The fraction of sp³-hybridized carbons (Fsp3) is 0.444. The molecule has 1 saturated carbocycles. The highest BCUT2D eigenvalue weighted by Crippen LogP contribution is 2.31. The summed E-state index contributed by atoms with van der Waals surface area (Å²) in [6.07, 6.45) is 10.5. The van der Waals surface area contributed by atoms with Crippen molar-refractivity contribution in [1.82, 2.24) is 9.62 Å². The quantitative estimate of drug-likeness (QED) is 0.174. The molecule has 0 aliphatic heterocycles. The van der Waals surface area contributed by atoms with Gasteiger partial charge in [0, 0.05) is 18.7 Å². The topological polar surface area (TPSA) is 92.8 Å². The second-order valence-electron chi connectivity index (χ2n) is 11.8. The third-order valence-corrected chi connectivity index (χ3v) is 11.2. The number of ether oxygens (including phenoxy) is 1. The Morgan fingerprint density at radius 2 is 1.69 bits per heavy atom. The molecule has 0 bridgehead atoms. The summed E-state index contributed by atoms with van der Waals surface area (Å²) in [6.45, 7) is 2.59. The molecule has 4 rings (SSSR count). The molecule has 0 saturated heterocycles. The number of hydrogen-bond donors (Lipinski definition) is 1. The average Bonchev–Trinajstić information content (AvgIpc) is 3.06. The van der Waals surface area contributed by atoms with E-state index in [4.69, 9.17) is 4.74 Å². The molecule has 3 aromatic carbocycles. The van der Waals surface area contributed by atoms with Crippen LogP contribution in [0.5, 0.6) is 0 Å². The lowest BCUT2D eigenvalue weighted by Gasteiger charge is -2.26. The molecule has 0 radical (unpaired) electrons. The number of thioether (sulfide) groups is 1. The Kier molecular flexibility index (Phi) is 13.1. The monoisotopic (exact) mass is 650 g/mol. The minimum Gasteiger partial charge on any atom is -0.467 e. The van der Waals surface area contributed by atoms with Crippen LogP contribution in [-0.4, -0.2) is 56.3 Å². The first-order valence-electron chi connectivity index (χ1n) is 15.9. The van der Waals surface area contributed by atoms with E-state index in [1.165, 1.54) is 39.2 Å². The van der Waals surface area contributed by atoms with E-state index in [1.807, 2.05) is 55.6 Å². The van der Waals surface area contributed by atoms with Crippen molar-refractivity contribution in [3.8, 4) is 11.1 Å². The van der Waals surface area contributed by atoms with Gasteiger partial charge in [0.1, 0.15) is 6.04 Å². The average molecular weight is 651 g/mol. The third kappa shape index (κ3) is 9.44. The Balaban J connectivity index is 1.66. The molecular weight excluding hydrogens is 605 g/mol. The van der Waals surface area contributed by atoms with E-state index in [0.717, 1.165) is 29.5 Å². The van der Waals surface area contributed by atoms with Crippen molar-refractivity contribution >= 4 is 33.7 Å². The Labute approximate surface area is 273 Å². The van der Waals surface area contributed by atoms with Crippen LogP contribution in [0.1, 0.15) is 72.9 Å². The molecule has 9 heteroatoms. The van der Waals surface area contributed by atoms with E-state index in [1.54, 1.807) is 46.4 Å².